The van der Waals surface area contributed by atoms with Gasteiger partial charge in [-0.2, -0.15) is 0 Å². The first-order valence-electron chi connectivity index (χ1n) is 42.0. The van der Waals surface area contributed by atoms with E-state index in [1.165, 1.54) is 46.1 Å². The van der Waals surface area contributed by atoms with Gasteiger partial charge >= 0.3 is 47.8 Å². The van der Waals surface area contributed by atoms with Crippen molar-refractivity contribution in [3.8, 4) is 0 Å². The number of hydrogen-bond donors (Lipinski definition) is 0. The Morgan fingerprint density at radius 3 is 0.709 bits per heavy atom. The number of esters is 8. The number of rotatable bonds is 46. The van der Waals surface area contributed by atoms with E-state index in [4.69, 9.17) is 75.8 Å². The van der Waals surface area contributed by atoms with E-state index < -0.39 is 0 Å². The van der Waals surface area contributed by atoms with Crippen LogP contribution < -0.4 is 0 Å². The fourth-order valence-electron chi connectivity index (χ4n) is 11.1. The Bertz CT molecular complexity index is 2410. The normalized spacial score (nSPS) is 18.8. The quantitative estimate of drug-likeness (QED) is 0.0311. The molecule has 8 rings (SSSR count). The topological polar surface area (TPSA) is 293 Å². The molecule has 0 atom stereocenters. The molecule has 0 radical (unpaired) electrons. The van der Waals surface area contributed by atoms with Gasteiger partial charge in [-0.05, 0) is 77.0 Å². The number of carbonyl (C=O) groups excluding carboxylic acids is 8. The molecule has 25 heteroatoms. The van der Waals surface area contributed by atoms with Crippen LogP contribution in [0.5, 0.6) is 0 Å². The highest BCUT2D eigenvalue weighted by molar-refractivity contribution is 5.72. The number of ether oxygens (including phenoxy) is 17. The van der Waals surface area contributed by atoms with Crippen LogP contribution in [0.4, 0.5) is 0 Å². The van der Waals surface area contributed by atoms with Crippen LogP contribution in [0, 0.1) is 43.3 Å². The number of carbonyl (C=O) groups is 8. The molecule has 0 spiro atoms. The summed E-state index contributed by atoms with van der Waals surface area (Å²) in [5, 5.41) is 0. The zero-order valence-corrected chi connectivity index (χ0v) is 71.7. The van der Waals surface area contributed by atoms with Crippen LogP contribution in [-0.2, 0) is 119 Å². The van der Waals surface area contributed by atoms with Crippen LogP contribution in [0.2, 0.25) is 0 Å². The van der Waals surface area contributed by atoms with Crippen LogP contribution in [-0.4, -0.2) is 220 Å². The standard InChI is InChI=1S/C14H26O3.C13H24O3.C12H22O3.C11H20O3.C10H18O3.C9H16O3.C8H14O4.C8H14O3/c1-3-5-6-7-8-9-13(15)17-12-14(4-2)10-16-11-14;1-3-5-6-7-8-12(14)16-11-13(4-2)9-15-10-13;1-3-5-6-7-11(13)15-10-12(4-2)8-14-9-12;1-3-5-6-10(12)14-9-11(4-2)7-13-8-11;1-3-5-9(11)13-8-10(4-2)6-12-7-10;1-3-8(10)12-7-9(4-2)5-11-6-9;1-8(4-11-5-8)6-12-7(9)3-10-2;1-3-8(4-10-5-8)6-11-7(2)9/h3-12H2,1-2H3;3-11H2,1-2H3;3-10H2,1-2H3;3-9H2,1-2H3;3-8H2,1-2H3;3-7H2,1-2H3;3-6H2,1-2H3;3-6H2,1-2H3. The molecule has 0 saturated carbocycles. The van der Waals surface area contributed by atoms with Gasteiger partial charge in [-0.15, -0.1) is 0 Å². The predicted octanol–water partition coefficient (Wildman–Crippen LogP) is 15.2. The lowest BCUT2D eigenvalue weighted by Crippen LogP contribution is -2.46. The molecule has 0 amide bonds. The largest absolute Gasteiger partial charge is 0.465 e. The van der Waals surface area contributed by atoms with Gasteiger partial charge in [0.15, 0.2) is 0 Å². The highest BCUT2D eigenvalue weighted by Crippen LogP contribution is 2.37. The summed E-state index contributed by atoms with van der Waals surface area (Å²) in [6.45, 7) is 46.4. The smallest absolute Gasteiger partial charge is 0.332 e. The molecule has 8 aliphatic rings. The van der Waals surface area contributed by atoms with E-state index in [1.54, 1.807) is 6.92 Å². The van der Waals surface area contributed by atoms with Gasteiger partial charge in [0.25, 0.3) is 0 Å². The number of unbranched alkanes of at least 4 members (excludes halogenated alkanes) is 10. The van der Waals surface area contributed by atoms with Gasteiger partial charge in [0.2, 0.25) is 0 Å². The van der Waals surface area contributed by atoms with Gasteiger partial charge in [0.1, 0.15) is 59.5 Å². The van der Waals surface area contributed by atoms with Crippen molar-refractivity contribution in [1.82, 2.24) is 0 Å². The maximum atomic E-state index is 11.5. The molecule has 0 aliphatic carbocycles. The second kappa shape index (κ2) is 59.1. The van der Waals surface area contributed by atoms with Crippen LogP contribution >= 0.6 is 0 Å². The van der Waals surface area contributed by atoms with E-state index in [0.29, 0.717) is 105 Å². The summed E-state index contributed by atoms with van der Waals surface area (Å²) in [5.74, 6) is -0.917. The van der Waals surface area contributed by atoms with Crippen molar-refractivity contribution in [3.05, 3.63) is 0 Å². The highest BCUT2D eigenvalue weighted by Gasteiger charge is 2.43. The molecular weight excluding hydrogens is 1420 g/mol. The lowest BCUT2D eigenvalue weighted by Gasteiger charge is -2.39. The minimum atomic E-state index is -0.314. The van der Waals surface area contributed by atoms with E-state index in [9.17, 15) is 38.4 Å². The molecule has 110 heavy (non-hydrogen) atoms. The third-order valence-corrected chi connectivity index (χ3v) is 21.7. The van der Waals surface area contributed by atoms with Crippen molar-refractivity contribution in [2.75, 3.05) is 172 Å². The fourth-order valence-corrected chi connectivity index (χ4v) is 11.1. The minimum absolute atomic E-state index is 0.0247. The second-order valence-electron chi connectivity index (χ2n) is 32.2. The third-order valence-electron chi connectivity index (χ3n) is 21.7. The van der Waals surface area contributed by atoms with Crippen molar-refractivity contribution in [3.63, 3.8) is 0 Å². The van der Waals surface area contributed by atoms with E-state index >= 15 is 0 Å². The maximum absolute atomic E-state index is 11.5. The van der Waals surface area contributed by atoms with Crippen LogP contribution in [0.3, 0.4) is 0 Å². The molecule has 8 saturated heterocycles. The fraction of sp³-hybridized carbons (Fsp3) is 0.906. The first-order chi connectivity index (χ1) is 52.7. The Hall–Kier alpha value is -4.60. The maximum Gasteiger partial charge on any atom is 0.332 e. The Morgan fingerprint density at radius 1 is 0.255 bits per heavy atom. The SMILES string of the molecule is CCC(=O)OCC1(CC)COC1.CCC1(COC(C)=O)COC1.CCCC(=O)OCC1(CC)COC1.CCCCC(=O)OCC1(CC)COC1.CCCCCC(=O)OCC1(CC)COC1.CCCCCCC(=O)OCC1(CC)COC1.CCCCCCCC(=O)OCC1(CC)COC1.COCC(=O)OCC1(C)COC1. The zero-order valence-electron chi connectivity index (χ0n) is 71.7. The van der Waals surface area contributed by atoms with E-state index in [2.05, 4.69) is 80.9 Å². The molecule has 8 aliphatic heterocycles. The molecule has 8 heterocycles. The Labute approximate surface area is 663 Å². The molecule has 0 unspecified atom stereocenters. The average Bonchev–Trinajstić information content (AvgIpc) is 0.868. The van der Waals surface area contributed by atoms with Crippen molar-refractivity contribution in [2.45, 2.75) is 284 Å². The van der Waals surface area contributed by atoms with Gasteiger partial charge in [-0.25, -0.2) is 4.79 Å². The summed E-state index contributed by atoms with van der Waals surface area (Å²) in [5.41, 5.74) is 0.919. The minimum Gasteiger partial charge on any atom is -0.465 e. The number of hydrogen-bond acceptors (Lipinski definition) is 25. The van der Waals surface area contributed by atoms with Crippen molar-refractivity contribution >= 4 is 47.8 Å². The van der Waals surface area contributed by atoms with E-state index in [1.807, 2.05) is 13.8 Å². The van der Waals surface area contributed by atoms with Crippen molar-refractivity contribution in [1.29, 1.82) is 0 Å². The second-order valence-corrected chi connectivity index (χ2v) is 32.2. The van der Waals surface area contributed by atoms with Gasteiger partial charge in [-0.3, -0.25) is 33.6 Å². The van der Waals surface area contributed by atoms with E-state index in [-0.39, 0.29) is 97.7 Å². The molecule has 644 valence electrons. The van der Waals surface area contributed by atoms with Crippen LogP contribution in [0.1, 0.15) is 284 Å². The van der Waals surface area contributed by atoms with Gasteiger partial charge in [0.05, 0.1) is 144 Å². The first-order valence-corrected chi connectivity index (χ1v) is 42.0. The Morgan fingerprint density at radius 2 is 0.482 bits per heavy atom. The molecule has 0 aromatic rings. The summed E-state index contributed by atoms with van der Waals surface area (Å²) >= 11 is 0. The third kappa shape index (κ3) is 43.2. The summed E-state index contributed by atoms with van der Waals surface area (Å²) in [4.78, 5) is 88.8. The van der Waals surface area contributed by atoms with Crippen LogP contribution in [0.25, 0.3) is 0 Å². The van der Waals surface area contributed by atoms with Crippen LogP contribution in [0.15, 0.2) is 0 Å². The number of methoxy groups -OCH3 is 1. The zero-order chi connectivity index (χ0) is 82.1. The van der Waals surface area contributed by atoms with Gasteiger partial charge in [0, 0.05) is 58.0 Å². The first kappa shape index (κ1) is 103. The average molecular weight is 1580 g/mol. The van der Waals surface area contributed by atoms with Crippen molar-refractivity contribution < 1.29 is 119 Å². The lowest BCUT2D eigenvalue weighted by molar-refractivity contribution is -0.171. The highest BCUT2D eigenvalue weighted by atomic mass is 16.6. The molecule has 0 bridgehead atoms. The van der Waals surface area contributed by atoms with Gasteiger partial charge in [-0.1, -0.05) is 161 Å². The summed E-state index contributed by atoms with van der Waals surface area (Å²) in [6, 6.07) is 0. The van der Waals surface area contributed by atoms with E-state index in [0.717, 1.165) is 202 Å². The molecule has 0 aromatic carbocycles. The Kier molecular flexibility index (Phi) is 55.6. The molecule has 0 N–H and O–H groups in total. The molecule has 25 nitrogen and oxygen atoms in total. The molecule has 0 aromatic heterocycles. The predicted molar refractivity (Wildman–Crippen MR) is 420 cm³/mol. The summed E-state index contributed by atoms with van der Waals surface area (Å²) in [6.07, 6.45) is 26.8. The van der Waals surface area contributed by atoms with Crippen molar-refractivity contribution in [2.24, 2.45) is 43.3 Å². The Balaban J connectivity index is 0.000000631. The lowest BCUT2D eigenvalue weighted by atomic mass is 9.84. The summed E-state index contributed by atoms with van der Waals surface area (Å²) < 4.78 is 86.8. The molecular formula is C85H154O25. The summed E-state index contributed by atoms with van der Waals surface area (Å²) in [7, 11) is 1.47. The molecule has 8 fully saturated rings. The van der Waals surface area contributed by atoms with Gasteiger partial charge < -0.3 is 80.5 Å². The monoisotopic (exact) mass is 1580 g/mol.